The van der Waals surface area contributed by atoms with Crippen molar-refractivity contribution < 1.29 is 4.74 Å². The predicted molar refractivity (Wildman–Crippen MR) is 68.8 cm³/mol. The smallest absolute Gasteiger partial charge is 0.0962 e. The van der Waals surface area contributed by atoms with Crippen LogP contribution in [0.2, 0.25) is 0 Å². The number of nitrogens with one attached hydrogen (secondary N) is 1. The Bertz CT molecular complexity index is 239. The van der Waals surface area contributed by atoms with Gasteiger partial charge >= 0.3 is 0 Å². The van der Waals surface area contributed by atoms with Crippen molar-refractivity contribution >= 4 is 0 Å². The topological polar surface area (TPSA) is 48.3 Å². The Labute approximate surface area is 105 Å². The van der Waals surface area contributed by atoms with Crippen molar-refractivity contribution in [1.82, 2.24) is 10.2 Å². The van der Waals surface area contributed by atoms with Crippen LogP contribution in [0.25, 0.3) is 0 Å². The molecule has 0 aromatic carbocycles. The lowest BCUT2D eigenvalue weighted by Gasteiger charge is -2.32. The molecule has 1 aliphatic heterocycles. The van der Waals surface area contributed by atoms with E-state index in [1.807, 2.05) is 7.05 Å². The number of ether oxygens (including phenoxy) is 1. The first-order valence-corrected chi connectivity index (χ1v) is 6.71. The lowest BCUT2D eigenvalue weighted by Crippen LogP contribution is -2.41. The summed E-state index contributed by atoms with van der Waals surface area (Å²) < 4.78 is 5.80. The standard InChI is InChI=1S/C13H25N3O/c1-3-9-17-13-5-4-7-16(11-13)8-6-12(10-14)15-2/h12-13,15H,3-9,11H2,1-2H3. The average molecular weight is 239 g/mol. The van der Waals surface area contributed by atoms with Crippen molar-refractivity contribution in [3.05, 3.63) is 0 Å². The van der Waals surface area contributed by atoms with E-state index in [-0.39, 0.29) is 6.04 Å². The quantitative estimate of drug-likeness (QED) is 0.729. The molecule has 0 aromatic rings. The van der Waals surface area contributed by atoms with Gasteiger partial charge in [-0.1, -0.05) is 6.92 Å². The molecule has 0 spiro atoms. The molecule has 17 heavy (non-hydrogen) atoms. The van der Waals surface area contributed by atoms with Crippen LogP contribution in [0.3, 0.4) is 0 Å². The minimum atomic E-state index is -0.0214. The third-order valence-corrected chi connectivity index (χ3v) is 3.26. The fraction of sp³-hybridized carbons (Fsp3) is 0.923. The molecule has 0 amide bonds. The van der Waals surface area contributed by atoms with Crippen molar-refractivity contribution in [2.75, 3.05) is 33.3 Å². The summed E-state index contributed by atoms with van der Waals surface area (Å²) in [4.78, 5) is 2.42. The molecule has 1 saturated heterocycles. The second kappa shape index (κ2) is 8.46. The van der Waals surface area contributed by atoms with E-state index in [9.17, 15) is 0 Å². The van der Waals surface area contributed by atoms with E-state index in [1.165, 1.54) is 12.8 Å². The number of likely N-dealkylation sites (tertiary alicyclic amines) is 1. The van der Waals surface area contributed by atoms with E-state index < -0.39 is 0 Å². The van der Waals surface area contributed by atoms with Gasteiger partial charge in [0.05, 0.1) is 18.2 Å². The summed E-state index contributed by atoms with van der Waals surface area (Å²) in [6.07, 6.45) is 4.79. The molecule has 1 heterocycles. The van der Waals surface area contributed by atoms with Gasteiger partial charge in [-0.15, -0.1) is 0 Å². The summed E-state index contributed by atoms with van der Waals surface area (Å²) in [5.74, 6) is 0. The van der Waals surface area contributed by atoms with E-state index in [0.29, 0.717) is 6.10 Å². The van der Waals surface area contributed by atoms with Gasteiger partial charge < -0.3 is 15.0 Å². The molecule has 0 bridgehead atoms. The van der Waals surface area contributed by atoms with Crippen molar-refractivity contribution in [3.63, 3.8) is 0 Å². The molecule has 0 aliphatic carbocycles. The fourth-order valence-corrected chi connectivity index (χ4v) is 2.22. The average Bonchev–Trinajstić information content (AvgIpc) is 2.38. The maximum Gasteiger partial charge on any atom is 0.0962 e. The first-order valence-electron chi connectivity index (χ1n) is 6.71. The molecular weight excluding hydrogens is 214 g/mol. The zero-order valence-corrected chi connectivity index (χ0v) is 11.1. The van der Waals surface area contributed by atoms with E-state index in [0.717, 1.165) is 39.1 Å². The first kappa shape index (κ1) is 14.4. The SMILES string of the molecule is CCCOC1CCCN(CCC(C#N)NC)C1. The number of piperidine rings is 1. The molecule has 0 saturated carbocycles. The van der Waals surface area contributed by atoms with Crippen LogP contribution in [0.4, 0.5) is 0 Å². The molecule has 4 nitrogen and oxygen atoms in total. The van der Waals surface area contributed by atoms with Crippen LogP contribution in [0, 0.1) is 11.3 Å². The molecule has 2 unspecified atom stereocenters. The highest BCUT2D eigenvalue weighted by molar-refractivity contribution is 4.89. The molecule has 1 N–H and O–H groups in total. The van der Waals surface area contributed by atoms with Crippen LogP contribution in [-0.4, -0.2) is 50.3 Å². The van der Waals surface area contributed by atoms with Gasteiger partial charge in [0.25, 0.3) is 0 Å². The molecule has 0 radical (unpaired) electrons. The summed E-state index contributed by atoms with van der Waals surface area (Å²) in [7, 11) is 1.84. The lowest BCUT2D eigenvalue weighted by molar-refractivity contribution is -0.000489. The molecule has 1 aliphatic rings. The Kier molecular flexibility index (Phi) is 7.18. The van der Waals surface area contributed by atoms with Crippen molar-refractivity contribution in [2.45, 2.75) is 44.8 Å². The van der Waals surface area contributed by atoms with Gasteiger partial charge in [0.1, 0.15) is 0 Å². The van der Waals surface area contributed by atoms with Crippen LogP contribution >= 0.6 is 0 Å². The first-order chi connectivity index (χ1) is 8.30. The predicted octanol–water partition coefficient (Wildman–Crippen LogP) is 1.38. The van der Waals surface area contributed by atoms with Crippen LogP contribution in [0.1, 0.15) is 32.6 Å². The second-order valence-corrected chi connectivity index (χ2v) is 4.69. The summed E-state index contributed by atoms with van der Waals surface area (Å²) in [6.45, 7) is 6.18. The highest BCUT2D eigenvalue weighted by Crippen LogP contribution is 2.14. The van der Waals surface area contributed by atoms with Gasteiger partial charge in [-0.25, -0.2) is 0 Å². The highest BCUT2D eigenvalue weighted by atomic mass is 16.5. The molecule has 0 aromatic heterocycles. The van der Waals surface area contributed by atoms with Gasteiger partial charge in [0.2, 0.25) is 0 Å². The third kappa shape index (κ3) is 5.49. The van der Waals surface area contributed by atoms with Crippen LogP contribution in [0.15, 0.2) is 0 Å². The largest absolute Gasteiger partial charge is 0.377 e. The van der Waals surface area contributed by atoms with Crippen molar-refractivity contribution in [1.29, 1.82) is 5.26 Å². The van der Waals surface area contributed by atoms with E-state index in [1.54, 1.807) is 0 Å². The zero-order valence-electron chi connectivity index (χ0n) is 11.1. The maximum absolute atomic E-state index is 8.87. The molecule has 1 rings (SSSR count). The Morgan fingerprint density at radius 1 is 1.59 bits per heavy atom. The van der Waals surface area contributed by atoms with E-state index in [4.69, 9.17) is 10.00 Å². The van der Waals surface area contributed by atoms with Gasteiger partial charge in [-0.3, -0.25) is 0 Å². The Morgan fingerprint density at radius 3 is 3.06 bits per heavy atom. The minimum Gasteiger partial charge on any atom is -0.377 e. The fourth-order valence-electron chi connectivity index (χ4n) is 2.22. The summed E-state index contributed by atoms with van der Waals surface area (Å²) in [5, 5.41) is 11.9. The molecular formula is C13H25N3O. The highest BCUT2D eigenvalue weighted by Gasteiger charge is 2.20. The van der Waals surface area contributed by atoms with Crippen LogP contribution in [-0.2, 0) is 4.74 Å². The second-order valence-electron chi connectivity index (χ2n) is 4.69. The molecule has 4 heteroatoms. The van der Waals surface area contributed by atoms with Gasteiger partial charge in [-0.2, -0.15) is 5.26 Å². The number of nitriles is 1. The normalized spacial score (nSPS) is 23.2. The van der Waals surface area contributed by atoms with Crippen molar-refractivity contribution in [3.8, 4) is 6.07 Å². The van der Waals surface area contributed by atoms with Crippen LogP contribution < -0.4 is 5.32 Å². The van der Waals surface area contributed by atoms with Crippen molar-refractivity contribution in [2.24, 2.45) is 0 Å². The van der Waals surface area contributed by atoms with Gasteiger partial charge in [0.15, 0.2) is 0 Å². The maximum atomic E-state index is 8.87. The Balaban J connectivity index is 2.22. The van der Waals surface area contributed by atoms with Crippen LogP contribution in [0.5, 0.6) is 0 Å². The number of hydrogen-bond donors (Lipinski definition) is 1. The third-order valence-electron chi connectivity index (χ3n) is 3.26. The zero-order chi connectivity index (χ0) is 12.5. The number of hydrogen-bond acceptors (Lipinski definition) is 4. The lowest BCUT2D eigenvalue weighted by atomic mass is 10.1. The molecule has 2 atom stereocenters. The molecule has 1 fully saturated rings. The van der Waals surface area contributed by atoms with E-state index in [2.05, 4.69) is 23.2 Å². The Morgan fingerprint density at radius 2 is 2.41 bits per heavy atom. The number of rotatable bonds is 7. The van der Waals surface area contributed by atoms with Gasteiger partial charge in [-0.05, 0) is 39.3 Å². The number of nitrogens with zero attached hydrogens (tertiary/aromatic N) is 2. The monoisotopic (exact) mass is 239 g/mol. The van der Waals surface area contributed by atoms with E-state index >= 15 is 0 Å². The Hall–Kier alpha value is -0.630. The summed E-state index contributed by atoms with van der Waals surface area (Å²) >= 11 is 0. The summed E-state index contributed by atoms with van der Waals surface area (Å²) in [6, 6.07) is 2.25. The molecule has 98 valence electrons. The minimum absolute atomic E-state index is 0.0214. The van der Waals surface area contributed by atoms with Gasteiger partial charge in [0, 0.05) is 19.7 Å². The summed E-state index contributed by atoms with van der Waals surface area (Å²) in [5.41, 5.74) is 0.